The predicted octanol–water partition coefficient (Wildman–Crippen LogP) is 16.3. The minimum absolute atomic E-state index is 1.08. The lowest BCUT2D eigenvalue weighted by Crippen LogP contribution is -2.11. The summed E-state index contributed by atoms with van der Waals surface area (Å²) in [6.07, 6.45) is 0. The maximum absolute atomic E-state index is 2.41. The molecular weight excluding hydrogens is 711 g/mol. The van der Waals surface area contributed by atoms with E-state index in [0.29, 0.717) is 0 Å². The van der Waals surface area contributed by atoms with Gasteiger partial charge in [-0.2, -0.15) is 0 Å². The lowest BCUT2D eigenvalue weighted by molar-refractivity contribution is 1.28. The highest BCUT2D eigenvalue weighted by atomic mass is 15.1. The zero-order valence-electron chi connectivity index (χ0n) is 32.6. The number of fused-ring (bicyclic) bond motifs is 1. The van der Waals surface area contributed by atoms with Crippen LogP contribution in [0, 0.1) is 0 Å². The second-order valence-corrected chi connectivity index (χ2v) is 14.9. The molecule has 59 heavy (non-hydrogen) atoms. The molecule has 0 amide bonds. The van der Waals surface area contributed by atoms with Crippen molar-refractivity contribution in [3.63, 3.8) is 0 Å². The molecule has 1 nitrogen and oxygen atoms in total. The first-order valence-electron chi connectivity index (χ1n) is 20.3. The second-order valence-electron chi connectivity index (χ2n) is 14.9. The van der Waals surface area contributed by atoms with Gasteiger partial charge in [0, 0.05) is 16.9 Å². The summed E-state index contributed by atoms with van der Waals surface area (Å²) < 4.78 is 0. The average Bonchev–Trinajstić information content (AvgIpc) is 3.33. The van der Waals surface area contributed by atoms with Crippen LogP contribution in [-0.2, 0) is 0 Å². The van der Waals surface area contributed by atoms with Crippen LogP contribution >= 0.6 is 0 Å². The minimum Gasteiger partial charge on any atom is -0.310 e. The fourth-order valence-corrected chi connectivity index (χ4v) is 8.32. The van der Waals surface area contributed by atoms with Crippen LogP contribution in [0.4, 0.5) is 17.1 Å². The molecule has 278 valence electrons. The second kappa shape index (κ2) is 16.0. The normalized spacial score (nSPS) is 11.1. The van der Waals surface area contributed by atoms with Gasteiger partial charge in [0.1, 0.15) is 0 Å². The molecule has 0 heterocycles. The van der Waals surface area contributed by atoms with Gasteiger partial charge in [0.2, 0.25) is 0 Å². The van der Waals surface area contributed by atoms with Gasteiger partial charge in [-0.05, 0) is 108 Å². The summed E-state index contributed by atoms with van der Waals surface area (Å²) >= 11 is 0. The molecule has 0 saturated heterocycles. The van der Waals surface area contributed by atoms with Gasteiger partial charge in [-0.1, -0.05) is 212 Å². The van der Waals surface area contributed by atoms with E-state index in [0.717, 1.165) is 22.6 Å². The fourth-order valence-electron chi connectivity index (χ4n) is 8.32. The molecule has 0 aromatic heterocycles. The SMILES string of the molecule is c1ccc(-c2ccc(-c3ccc(N(c4ccc(-c5c(-c6ccccc6)ccc6ccccc56)cc4)c4ccc(-c5ccccc5)cc4-c4ccccc4)cc3)cc2)cc1. The summed E-state index contributed by atoms with van der Waals surface area (Å²) in [5.41, 5.74) is 17.6. The summed E-state index contributed by atoms with van der Waals surface area (Å²) in [6.45, 7) is 0. The number of hydrogen-bond acceptors (Lipinski definition) is 1. The maximum Gasteiger partial charge on any atom is 0.0540 e. The van der Waals surface area contributed by atoms with E-state index in [4.69, 9.17) is 0 Å². The van der Waals surface area contributed by atoms with Gasteiger partial charge in [0.25, 0.3) is 0 Å². The predicted molar refractivity (Wildman–Crippen MR) is 251 cm³/mol. The Balaban J connectivity index is 1.11. The summed E-state index contributed by atoms with van der Waals surface area (Å²) in [5.74, 6) is 0. The smallest absolute Gasteiger partial charge is 0.0540 e. The van der Waals surface area contributed by atoms with Crippen molar-refractivity contribution in [3.05, 3.63) is 249 Å². The van der Waals surface area contributed by atoms with E-state index < -0.39 is 0 Å². The Morgan fingerprint density at radius 2 is 0.627 bits per heavy atom. The number of rotatable bonds is 9. The Hall–Kier alpha value is -7.74. The highest BCUT2D eigenvalue weighted by Crippen LogP contribution is 2.45. The van der Waals surface area contributed by atoms with Crippen molar-refractivity contribution >= 4 is 27.8 Å². The molecule has 0 aliphatic heterocycles. The molecule has 0 bridgehead atoms. The first-order valence-corrected chi connectivity index (χ1v) is 20.3. The van der Waals surface area contributed by atoms with E-state index in [9.17, 15) is 0 Å². The topological polar surface area (TPSA) is 3.24 Å². The molecule has 0 unspecified atom stereocenters. The molecule has 10 rings (SSSR count). The molecule has 0 saturated carbocycles. The van der Waals surface area contributed by atoms with Crippen LogP contribution in [0.15, 0.2) is 249 Å². The Morgan fingerprint density at radius 1 is 0.237 bits per heavy atom. The van der Waals surface area contributed by atoms with Crippen LogP contribution in [0.5, 0.6) is 0 Å². The summed E-state index contributed by atoms with van der Waals surface area (Å²) in [6, 6.07) is 89.8. The van der Waals surface area contributed by atoms with E-state index in [1.54, 1.807) is 0 Å². The standard InChI is InChI=1S/C58H41N/c1-5-15-42(16-6-1)44-25-27-45(28-26-44)46-29-35-52(36-30-46)59(57-40-34-51(43-17-7-2-8-18-43)41-56(57)48-21-11-4-12-22-48)53-37-31-50(32-38-53)58-54-24-14-13-23-49(54)33-39-55(58)47-19-9-3-10-20-47/h1-41H. The monoisotopic (exact) mass is 751 g/mol. The summed E-state index contributed by atoms with van der Waals surface area (Å²) in [5, 5.41) is 2.47. The zero-order valence-corrected chi connectivity index (χ0v) is 32.6. The minimum atomic E-state index is 1.08. The van der Waals surface area contributed by atoms with Crippen molar-refractivity contribution in [2.75, 3.05) is 4.90 Å². The van der Waals surface area contributed by atoms with E-state index in [1.807, 2.05) is 0 Å². The molecule has 10 aromatic carbocycles. The lowest BCUT2D eigenvalue weighted by atomic mass is 9.89. The van der Waals surface area contributed by atoms with Gasteiger partial charge >= 0.3 is 0 Å². The molecule has 0 aliphatic rings. The number of benzene rings is 10. The Bertz CT molecular complexity index is 2970. The molecule has 0 radical (unpaired) electrons. The van der Waals surface area contributed by atoms with Crippen molar-refractivity contribution < 1.29 is 0 Å². The highest BCUT2D eigenvalue weighted by Gasteiger charge is 2.20. The molecule has 0 fully saturated rings. The van der Waals surface area contributed by atoms with Crippen molar-refractivity contribution in [1.29, 1.82) is 0 Å². The van der Waals surface area contributed by atoms with Gasteiger partial charge in [0.05, 0.1) is 5.69 Å². The van der Waals surface area contributed by atoms with Crippen LogP contribution in [0.3, 0.4) is 0 Å². The van der Waals surface area contributed by atoms with Crippen LogP contribution in [0.25, 0.3) is 77.5 Å². The zero-order chi connectivity index (χ0) is 39.4. The molecule has 1 heteroatoms. The largest absolute Gasteiger partial charge is 0.310 e. The molecule has 10 aromatic rings. The van der Waals surface area contributed by atoms with E-state index in [2.05, 4.69) is 254 Å². The third-order valence-electron chi connectivity index (χ3n) is 11.3. The van der Waals surface area contributed by atoms with Gasteiger partial charge in [-0.3, -0.25) is 0 Å². The Labute approximate surface area is 346 Å². The number of nitrogens with zero attached hydrogens (tertiary/aromatic N) is 1. The first-order chi connectivity index (χ1) is 29.3. The van der Waals surface area contributed by atoms with Crippen LogP contribution in [0.2, 0.25) is 0 Å². The maximum atomic E-state index is 2.41. The molecule has 0 atom stereocenters. The summed E-state index contributed by atoms with van der Waals surface area (Å²) in [7, 11) is 0. The molecular formula is C58H41N. The number of hydrogen-bond donors (Lipinski definition) is 0. The Kier molecular flexibility index (Phi) is 9.68. The molecule has 0 N–H and O–H groups in total. The fraction of sp³-hybridized carbons (Fsp3) is 0. The third-order valence-corrected chi connectivity index (χ3v) is 11.3. The number of anilines is 3. The highest BCUT2D eigenvalue weighted by molar-refractivity contribution is 6.04. The van der Waals surface area contributed by atoms with E-state index in [-0.39, 0.29) is 0 Å². The molecule has 0 aliphatic carbocycles. The summed E-state index contributed by atoms with van der Waals surface area (Å²) in [4.78, 5) is 2.41. The lowest BCUT2D eigenvalue weighted by Gasteiger charge is -2.29. The average molecular weight is 752 g/mol. The van der Waals surface area contributed by atoms with Crippen molar-refractivity contribution in [2.24, 2.45) is 0 Å². The van der Waals surface area contributed by atoms with Gasteiger partial charge in [0.15, 0.2) is 0 Å². The van der Waals surface area contributed by atoms with Crippen LogP contribution in [0.1, 0.15) is 0 Å². The van der Waals surface area contributed by atoms with Crippen molar-refractivity contribution in [3.8, 4) is 66.8 Å². The van der Waals surface area contributed by atoms with Crippen molar-refractivity contribution in [2.45, 2.75) is 0 Å². The van der Waals surface area contributed by atoms with E-state index in [1.165, 1.54) is 72.0 Å². The van der Waals surface area contributed by atoms with Gasteiger partial charge < -0.3 is 4.90 Å². The van der Waals surface area contributed by atoms with Crippen molar-refractivity contribution in [1.82, 2.24) is 0 Å². The van der Waals surface area contributed by atoms with Gasteiger partial charge in [-0.15, -0.1) is 0 Å². The quantitative estimate of drug-likeness (QED) is 0.142. The van der Waals surface area contributed by atoms with E-state index >= 15 is 0 Å². The van der Waals surface area contributed by atoms with Crippen LogP contribution in [-0.4, -0.2) is 0 Å². The first kappa shape index (κ1) is 35.7. The third kappa shape index (κ3) is 7.23. The Morgan fingerprint density at radius 3 is 1.17 bits per heavy atom. The van der Waals surface area contributed by atoms with Gasteiger partial charge in [-0.25, -0.2) is 0 Å². The molecule has 0 spiro atoms. The van der Waals surface area contributed by atoms with Crippen LogP contribution < -0.4 is 4.90 Å².